The topological polar surface area (TPSA) is 139 Å². The average Bonchev–Trinajstić information content (AvgIpc) is 3.35. The van der Waals surface area contributed by atoms with Gasteiger partial charge < -0.3 is 25.7 Å². The highest BCUT2D eigenvalue weighted by Gasteiger charge is 2.21. The van der Waals surface area contributed by atoms with Gasteiger partial charge in [-0.1, -0.05) is 6.07 Å². The van der Waals surface area contributed by atoms with Crippen molar-refractivity contribution in [2.75, 3.05) is 12.3 Å². The van der Waals surface area contributed by atoms with Gasteiger partial charge in [-0.15, -0.1) is 0 Å². The average molecular weight is 466 g/mol. The van der Waals surface area contributed by atoms with Crippen molar-refractivity contribution < 1.29 is 18.7 Å². The van der Waals surface area contributed by atoms with Crippen molar-refractivity contribution in [3.63, 3.8) is 0 Å². The summed E-state index contributed by atoms with van der Waals surface area (Å²) in [5.74, 6) is -2.57. The summed E-state index contributed by atoms with van der Waals surface area (Å²) in [6, 6.07) is 9.69. The number of aromatic amines is 1. The van der Waals surface area contributed by atoms with Crippen LogP contribution in [0.3, 0.4) is 0 Å². The van der Waals surface area contributed by atoms with E-state index >= 15 is 0 Å². The zero-order chi connectivity index (χ0) is 24.2. The number of pyridine rings is 1. The largest absolute Gasteiger partial charge is 0.395 e. The van der Waals surface area contributed by atoms with Crippen LogP contribution in [-0.4, -0.2) is 37.1 Å². The van der Waals surface area contributed by atoms with Crippen molar-refractivity contribution in [1.82, 2.24) is 24.8 Å². The molecule has 0 saturated carbocycles. The number of nitrogens with two attached hydrogens (primary N) is 1. The molecule has 0 fully saturated rings. The van der Waals surface area contributed by atoms with Crippen molar-refractivity contribution in [2.45, 2.75) is 13.1 Å². The summed E-state index contributed by atoms with van der Waals surface area (Å²) in [5, 5.41) is 11.7. The summed E-state index contributed by atoms with van der Waals surface area (Å²) in [6.07, 6.45) is 3.16. The third-order valence-electron chi connectivity index (χ3n) is 5.08. The summed E-state index contributed by atoms with van der Waals surface area (Å²) in [5.41, 5.74) is 6.72. The lowest BCUT2D eigenvalue weighted by atomic mass is 10.1. The van der Waals surface area contributed by atoms with Gasteiger partial charge in [-0.25, -0.2) is 18.7 Å². The van der Waals surface area contributed by atoms with Crippen LogP contribution in [0.25, 0.3) is 22.6 Å². The third-order valence-corrected chi connectivity index (χ3v) is 5.08. The molecule has 0 saturated heterocycles. The zero-order valence-corrected chi connectivity index (χ0v) is 17.8. The van der Waals surface area contributed by atoms with Gasteiger partial charge in [0.1, 0.15) is 23.0 Å². The molecular formula is C23H20F2N6O3. The van der Waals surface area contributed by atoms with Crippen molar-refractivity contribution in [1.29, 1.82) is 0 Å². The van der Waals surface area contributed by atoms with E-state index in [9.17, 15) is 23.5 Å². The van der Waals surface area contributed by atoms with Crippen LogP contribution in [0, 0.1) is 11.6 Å². The number of amides is 1. The van der Waals surface area contributed by atoms with Gasteiger partial charge in [0.15, 0.2) is 11.5 Å². The number of nitrogens with zero attached hydrogens (tertiary/aromatic N) is 3. The number of benzene rings is 1. The fourth-order valence-corrected chi connectivity index (χ4v) is 3.39. The fourth-order valence-electron chi connectivity index (χ4n) is 3.39. The van der Waals surface area contributed by atoms with Gasteiger partial charge in [0.05, 0.1) is 12.3 Å². The monoisotopic (exact) mass is 466 g/mol. The summed E-state index contributed by atoms with van der Waals surface area (Å²) < 4.78 is 29.1. The Balaban J connectivity index is 1.76. The molecule has 0 atom stereocenters. The lowest BCUT2D eigenvalue weighted by Crippen LogP contribution is -2.27. The Bertz CT molecular complexity index is 1380. The van der Waals surface area contributed by atoms with E-state index in [-0.39, 0.29) is 41.5 Å². The van der Waals surface area contributed by atoms with E-state index in [0.717, 1.165) is 12.1 Å². The molecule has 0 unspecified atom stereocenters. The second-order valence-corrected chi connectivity index (χ2v) is 7.29. The summed E-state index contributed by atoms with van der Waals surface area (Å²) in [7, 11) is 0. The van der Waals surface area contributed by atoms with Crippen LogP contribution in [0.15, 0.2) is 59.7 Å². The second-order valence-electron chi connectivity index (χ2n) is 7.29. The molecule has 174 valence electrons. The Hall–Kier alpha value is -4.38. The summed E-state index contributed by atoms with van der Waals surface area (Å²) >= 11 is 0. The SMILES string of the molecule is Nc1nc(-c2ccc[nH]2)c(-c2ccc(=O)n(CCO)c2)nc1C(=O)NCc1c(F)cccc1F. The van der Waals surface area contributed by atoms with Gasteiger partial charge in [-0.3, -0.25) is 9.59 Å². The van der Waals surface area contributed by atoms with E-state index in [1.165, 1.54) is 29.0 Å². The summed E-state index contributed by atoms with van der Waals surface area (Å²) in [4.78, 5) is 36.6. The molecule has 4 aromatic rings. The van der Waals surface area contributed by atoms with Crippen molar-refractivity contribution in [3.8, 4) is 22.6 Å². The van der Waals surface area contributed by atoms with Crippen LogP contribution in [0.1, 0.15) is 16.1 Å². The Morgan fingerprint density at radius 1 is 1.09 bits per heavy atom. The van der Waals surface area contributed by atoms with E-state index in [4.69, 9.17) is 5.73 Å². The predicted octanol–water partition coefficient (Wildman–Crippen LogP) is 2.08. The normalized spacial score (nSPS) is 10.9. The highest BCUT2D eigenvalue weighted by Crippen LogP contribution is 2.29. The number of halogens is 2. The number of rotatable bonds is 7. The fraction of sp³-hybridized carbons (Fsp3) is 0.130. The van der Waals surface area contributed by atoms with E-state index in [1.54, 1.807) is 18.3 Å². The van der Waals surface area contributed by atoms with Crippen LogP contribution in [0.2, 0.25) is 0 Å². The minimum absolute atomic E-state index is 0.0639. The number of aromatic nitrogens is 4. The van der Waals surface area contributed by atoms with E-state index < -0.39 is 24.1 Å². The molecule has 11 heteroatoms. The predicted molar refractivity (Wildman–Crippen MR) is 121 cm³/mol. The van der Waals surface area contributed by atoms with Crippen LogP contribution in [0.5, 0.6) is 0 Å². The molecule has 5 N–H and O–H groups in total. The van der Waals surface area contributed by atoms with Gasteiger partial charge >= 0.3 is 0 Å². The minimum Gasteiger partial charge on any atom is -0.395 e. The van der Waals surface area contributed by atoms with E-state index in [0.29, 0.717) is 17.0 Å². The van der Waals surface area contributed by atoms with Gasteiger partial charge in [-0.05, 0) is 30.3 Å². The molecule has 4 rings (SSSR count). The number of anilines is 1. The van der Waals surface area contributed by atoms with Crippen LogP contribution in [-0.2, 0) is 13.1 Å². The van der Waals surface area contributed by atoms with Gasteiger partial charge in [0, 0.05) is 42.7 Å². The first-order chi connectivity index (χ1) is 16.4. The Morgan fingerprint density at radius 3 is 2.53 bits per heavy atom. The Kier molecular flexibility index (Phi) is 6.46. The molecule has 0 aliphatic rings. The van der Waals surface area contributed by atoms with Crippen molar-refractivity contribution >= 4 is 11.7 Å². The molecule has 0 radical (unpaired) electrons. The first-order valence-corrected chi connectivity index (χ1v) is 10.2. The van der Waals surface area contributed by atoms with E-state index in [2.05, 4.69) is 20.3 Å². The highest BCUT2D eigenvalue weighted by molar-refractivity contribution is 5.97. The lowest BCUT2D eigenvalue weighted by Gasteiger charge is -2.14. The Labute approximate surface area is 191 Å². The first-order valence-electron chi connectivity index (χ1n) is 10.2. The summed E-state index contributed by atoms with van der Waals surface area (Å²) in [6.45, 7) is -0.609. The molecule has 34 heavy (non-hydrogen) atoms. The molecule has 1 aromatic carbocycles. The maximum atomic E-state index is 13.9. The number of aliphatic hydroxyl groups excluding tert-OH is 1. The molecule has 3 heterocycles. The molecule has 0 aliphatic heterocycles. The molecular weight excluding hydrogens is 446 g/mol. The second kappa shape index (κ2) is 9.63. The van der Waals surface area contributed by atoms with Gasteiger partial charge in [-0.2, -0.15) is 0 Å². The molecule has 0 aliphatic carbocycles. The number of hydrogen-bond donors (Lipinski definition) is 4. The third kappa shape index (κ3) is 4.55. The van der Waals surface area contributed by atoms with Crippen molar-refractivity contribution in [3.05, 3.63) is 88.1 Å². The Morgan fingerprint density at radius 2 is 1.85 bits per heavy atom. The molecule has 0 spiro atoms. The number of carbonyl (C=O) groups excluding carboxylic acids is 1. The number of H-pyrrole nitrogens is 1. The maximum absolute atomic E-state index is 13.9. The zero-order valence-electron chi connectivity index (χ0n) is 17.8. The van der Waals surface area contributed by atoms with Crippen LogP contribution in [0.4, 0.5) is 14.6 Å². The maximum Gasteiger partial charge on any atom is 0.274 e. The highest BCUT2D eigenvalue weighted by atomic mass is 19.1. The van der Waals surface area contributed by atoms with Crippen LogP contribution < -0.4 is 16.6 Å². The number of aliphatic hydroxyl groups is 1. The molecule has 0 bridgehead atoms. The number of nitrogen functional groups attached to an aromatic ring is 1. The number of hydrogen-bond acceptors (Lipinski definition) is 6. The first kappa shape index (κ1) is 22.8. The molecule has 3 aromatic heterocycles. The van der Waals surface area contributed by atoms with Gasteiger partial charge in [0.25, 0.3) is 11.5 Å². The quantitative estimate of drug-likeness (QED) is 0.329. The van der Waals surface area contributed by atoms with Crippen molar-refractivity contribution in [2.24, 2.45) is 0 Å². The smallest absolute Gasteiger partial charge is 0.274 e. The van der Waals surface area contributed by atoms with Gasteiger partial charge in [0.2, 0.25) is 0 Å². The van der Waals surface area contributed by atoms with E-state index in [1.807, 2.05) is 0 Å². The minimum atomic E-state index is -0.798. The lowest BCUT2D eigenvalue weighted by molar-refractivity contribution is 0.0946. The number of nitrogens with one attached hydrogen (secondary N) is 2. The molecule has 1 amide bonds. The molecule has 9 nitrogen and oxygen atoms in total. The standard InChI is InChI=1S/C23H20F2N6O3/c24-15-3-1-4-16(25)14(15)11-28-23(34)21-22(26)30-20(17-5-2-8-27-17)19(29-21)13-6-7-18(33)31(12-13)9-10-32/h1-8,12,27,32H,9-11H2,(H2,26,30)(H,28,34). The van der Waals surface area contributed by atoms with Crippen LogP contribution >= 0.6 is 0 Å². The number of carbonyl (C=O) groups is 1.